The zero-order chi connectivity index (χ0) is 10.8. The Morgan fingerprint density at radius 2 is 2.40 bits per heavy atom. The second kappa shape index (κ2) is 4.28. The lowest BCUT2D eigenvalue weighted by Gasteiger charge is -2.12. The number of nitrogens with one attached hydrogen (secondary N) is 2. The molecule has 2 N–H and O–H groups in total. The Morgan fingerprint density at radius 3 is 2.93 bits per heavy atom. The Hall–Kier alpha value is -0.940. The number of likely N-dealkylation sites (N-methyl/N-ethyl adjacent to an activating group) is 1. The van der Waals surface area contributed by atoms with Crippen molar-refractivity contribution in [1.82, 2.24) is 25.4 Å². The lowest BCUT2D eigenvalue weighted by atomic mass is 10.2. The predicted molar refractivity (Wildman–Crippen MR) is 58.5 cm³/mol. The van der Waals surface area contributed by atoms with E-state index < -0.39 is 0 Å². The lowest BCUT2D eigenvalue weighted by molar-refractivity contribution is 0.326. The van der Waals surface area contributed by atoms with E-state index in [4.69, 9.17) is 0 Å². The van der Waals surface area contributed by atoms with Crippen LogP contribution in [0, 0.1) is 6.92 Å². The minimum absolute atomic E-state index is 0.573. The number of H-pyrrole nitrogens is 1. The lowest BCUT2D eigenvalue weighted by Crippen LogP contribution is -2.31. The maximum atomic E-state index is 4.27. The Bertz CT molecular complexity index is 311. The van der Waals surface area contributed by atoms with Gasteiger partial charge in [-0.25, -0.2) is 4.98 Å². The van der Waals surface area contributed by atoms with E-state index in [1.807, 2.05) is 6.92 Å². The smallest absolute Gasteiger partial charge is 0.164 e. The van der Waals surface area contributed by atoms with Gasteiger partial charge in [0.1, 0.15) is 5.82 Å². The number of hydrogen-bond acceptors (Lipinski definition) is 4. The summed E-state index contributed by atoms with van der Waals surface area (Å²) < 4.78 is 0. The van der Waals surface area contributed by atoms with E-state index in [1.165, 1.54) is 6.42 Å². The second-order valence-electron chi connectivity index (χ2n) is 4.44. The fourth-order valence-corrected chi connectivity index (χ4v) is 2.05. The summed E-state index contributed by atoms with van der Waals surface area (Å²) in [7, 11) is 2.17. The second-order valence-corrected chi connectivity index (χ2v) is 4.44. The molecule has 1 aliphatic heterocycles. The van der Waals surface area contributed by atoms with Crippen molar-refractivity contribution in [2.75, 3.05) is 13.6 Å². The summed E-state index contributed by atoms with van der Waals surface area (Å²) in [6.07, 6.45) is 1.21. The van der Waals surface area contributed by atoms with E-state index in [0.717, 1.165) is 24.7 Å². The van der Waals surface area contributed by atoms with Crippen molar-refractivity contribution >= 4 is 0 Å². The average molecular weight is 209 g/mol. The first-order chi connectivity index (χ1) is 7.15. The van der Waals surface area contributed by atoms with Crippen LogP contribution >= 0.6 is 0 Å². The minimum atomic E-state index is 0.573. The van der Waals surface area contributed by atoms with Gasteiger partial charge < -0.3 is 10.2 Å². The summed E-state index contributed by atoms with van der Waals surface area (Å²) in [6, 6.07) is 1.25. The number of likely N-dealkylation sites (tertiary alicyclic amines) is 1. The number of aryl methyl sites for hydroxylation is 1. The maximum absolute atomic E-state index is 4.27. The van der Waals surface area contributed by atoms with Crippen LogP contribution in [0.5, 0.6) is 0 Å². The molecule has 2 unspecified atom stereocenters. The van der Waals surface area contributed by atoms with Crippen LogP contribution in [0.25, 0.3) is 0 Å². The monoisotopic (exact) mass is 209 g/mol. The molecule has 1 aromatic rings. The largest absolute Gasteiger partial charge is 0.306 e. The molecule has 1 fully saturated rings. The highest BCUT2D eigenvalue weighted by Gasteiger charge is 2.25. The summed E-state index contributed by atoms with van der Waals surface area (Å²) >= 11 is 0. The van der Waals surface area contributed by atoms with Gasteiger partial charge in [0, 0.05) is 18.6 Å². The SMILES string of the molecule is Cc1nc(CNC2CC(C)N(C)C2)n[nH]1. The van der Waals surface area contributed by atoms with Gasteiger partial charge in [0.15, 0.2) is 5.82 Å². The van der Waals surface area contributed by atoms with Crippen LogP contribution in [0.15, 0.2) is 0 Å². The van der Waals surface area contributed by atoms with Crippen molar-refractivity contribution in [3.8, 4) is 0 Å². The Balaban J connectivity index is 1.79. The van der Waals surface area contributed by atoms with Crippen LogP contribution < -0.4 is 5.32 Å². The molecule has 0 radical (unpaired) electrons. The molecule has 0 aromatic carbocycles. The van der Waals surface area contributed by atoms with Crippen molar-refractivity contribution in [2.24, 2.45) is 0 Å². The predicted octanol–water partition coefficient (Wildman–Crippen LogP) is 0.295. The summed E-state index contributed by atoms with van der Waals surface area (Å²) in [5.74, 6) is 1.73. The van der Waals surface area contributed by atoms with E-state index in [1.54, 1.807) is 0 Å². The molecule has 15 heavy (non-hydrogen) atoms. The summed E-state index contributed by atoms with van der Waals surface area (Å²) in [5, 5.41) is 10.4. The van der Waals surface area contributed by atoms with Gasteiger partial charge in [0.25, 0.3) is 0 Å². The molecule has 1 aliphatic rings. The van der Waals surface area contributed by atoms with Gasteiger partial charge in [0.2, 0.25) is 0 Å². The number of nitrogens with zero attached hydrogens (tertiary/aromatic N) is 3. The van der Waals surface area contributed by atoms with Gasteiger partial charge in [-0.2, -0.15) is 5.10 Å². The molecule has 2 heterocycles. The molecule has 0 saturated carbocycles. The molecule has 0 bridgehead atoms. The third-order valence-electron chi connectivity index (χ3n) is 3.08. The van der Waals surface area contributed by atoms with Gasteiger partial charge in [-0.3, -0.25) is 5.10 Å². The fraction of sp³-hybridized carbons (Fsp3) is 0.800. The normalized spacial score (nSPS) is 27.4. The minimum Gasteiger partial charge on any atom is -0.306 e. The van der Waals surface area contributed by atoms with Crippen LogP contribution in [0.3, 0.4) is 0 Å². The maximum Gasteiger partial charge on any atom is 0.164 e. The van der Waals surface area contributed by atoms with Gasteiger partial charge in [0.05, 0.1) is 6.54 Å². The first-order valence-corrected chi connectivity index (χ1v) is 5.46. The molecule has 0 spiro atoms. The van der Waals surface area contributed by atoms with Crippen LogP contribution in [-0.2, 0) is 6.54 Å². The molecule has 2 rings (SSSR count). The topological polar surface area (TPSA) is 56.8 Å². The summed E-state index contributed by atoms with van der Waals surface area (Å²) in [5.41, 5.74) is 0. The Kier molecular flexibility index (Phi) is 3.02. The van der Waals surface area contributed by atoms with E-state index in [2.05, 4.69) is 39.4 Å². The van der Waals surface area contributed by atoms with Crippen molar-refractivity contribution in [3.63, 3.8) is 0 Å². The molecule has 1 saturated heterocycles. The van der Waals surface area contributed by atoms with Gasteiger partial charge in [-0.05, 0) is 27.3 Å². The standard InChI is InChI=1S/C10H19N5/c1-7-4-9(6-15(7)3)11-5-10-12-8(2)13-14-10/h7,9,11H,4-6H2,1-3H3,(H,12,13,14). The molecule has 5 heteroatoms. The average Bonchev–Trinajstić information content (AvgIpc) is 2.72. The number of aromatic amines is 1. The molecular weight excluding hydrogens is 190 g/mol. The third-order valence-corrected chi connectivity index (χ3v) is 3.08. The van der Waals surface area contributed by atoms with E-state index in [9.17, 15) is 0 Å². The van der Waals surface area contributed by atoms with Gasteiger partial charge >= 0.3 is 0 Å². The van der Waals surface area contributed by atoms with Crippen LogP contribution in [0.4, 0.5) is 0 Å². The zero-order valence-electron chi connectivity index (χ0n) is 9.62. The van der Waals surface area contributed by atoms with Crippen LogP contribution in [-0.4, -0.2) is 45.8 Å². The Morgan fingerprint density at radius 1 is 1.60 bits per heavy atom. The molecule has 1 aromatic heterocycles. The number of aromatic nitrogens is 3. The van der Waals surface area contributed by atoms with E-state index in [0.29, 0.717) is 12.1 Å². The quantitative estimate of drug-likeness (QED) is 0.751. The number of hydrogen-bond donors (Lipinski definition) is 2. The van der Waals surface area contributed by atoms with E-state index >= 15 is 0 Å². The van der Waals surface area contributed by atoms with Crippen molar-refractivity contribution in [1.29, 1.82) is 0 Å². The molecular formula is C10H19N5. The highest BCUT2D eigenvalue weighted by molar-refractivity contribution is 4.90. The molecule has 2 atom stereocenters. The highest BCUT2D eigenvalue weighted by atomic mass is 15.2. The highest BCUT2D eigenvalue weighted by Crippen LogP contribution is 2.14. The van der Waals surface area contributed by atoms with Crippen LogP contribution in [0.2, 0.25) is 0 Å². The Labute approximate surface area is 90.3 Å². The molecule has 5 nitrogen and oxygen atoms in total. The van der Waals surface area contributed by atoms with Crippen molar-refractivity contribution in [2.45, 2.75) is 38.9 Å². The zero-order valence-corrected chi connectivity index (χ0v) is 9.62. The van der Waals surface area contributed by atoms with Gasteiger partial charge in [-0.1, -0.05) is 0 Å². The van der Waals surface area contributed by atoms with E-state index in [-0.39, 0.29) is 0 Å². The van der Waals surface area contributed by atoms with Crippen LogP contribution in [0.1, 0.15) is 25.0 Å². The van der Waals surface area contributed by atoms with Crippen molar-refractivity contribution in [3.05, 3.63) is 11.6 Å². The molecule has 0 amide bonds. The van der Waals surface area contributed by atoms with Crippen molar-refractivity contribution < 1.29 is 0 Å². The van der Waals surface area contributed by atoms with Gasteiger partial charge in [-0.15, -0.1) is 0 Å². The first-order valence-electron chi connectivity index (χ1n) is 5.46. The third kappa shape index (κ3) is 2.54. The molecule has 84 valence electrons. The summed E-state index contributed by atoms with van der Waals surface area (Å²) in [6.45, 7) is 6.06. The summed E-state index contributed by atoms with van der Waals surface area (Å²) in [4.78, 5) is 6.64. The fourth-order valence-electron chi connectivity index (χ4n) is 2.05. The number of rotatable bonds is 3. The first kappa shape index (κ1) is 10.6. The molecule has 0 aliphatic carbocycles.